The van der Waals surface area contributed by atoms with Crippen molar-refractivity contribution in [3.05, 3.63) is 34.9 Å². The van der Waals surface area contributed by atoms with Gasteiger partial charge in [0.2, 0.25) is 5.91 Å². The van der Waals surface area contributed by atoms with Crippen LogP contribution in [0.25, 0.3) is 0 Å². The van der Waals surface area contributed by atoms with E-state index in [0.717, 1.165) is 12.1 Å². The summed E-state index contributed by atoms with van der Waals surface area (Å²) in [4.78, 5) is 11.2. The summed E-state index contributed by atoms with van der Waals surface area (Å²) in [5, 5.41) is 0. The van der Waals surface area contributed by atoms with Crippen LogP contribution in [0, 0.1) is 0 Å². The second-order valence-electron chi connectivity index (χ2n) is 4.66. The van der Waals surface area contributed by atoms with Crippen molar-refractivity contribution in [2.45, 2.75) is 25.2 Å². The van der Waals surface area contributed by atoms with Crippen molar-refractivity contribution in [1.82, 2.24) is 0 Å². The van der Waals surface area contributed by atoms with Crippen LogP contribution < -0.4 is 5.73 Å². The molecule has 0 fully saturated rings. The predicted molar refractivity (Wildman–Crippen MR) is 71.8 cm³/mol. The third-order valence-electron chi connectivity index (χ3n) is 2.81. The largest absolute Gasteiger partial charge is 0.417 e. The van der Waals surface area contributed by atoms with Crippen molar-refractivity contribution >= 4 is 17.7 Å². The molecule has 2 nitrogen and oxygen atoms in total. The van der Waals surface area contributed by atoms with E-state index in [1.165, 1.54) is 13.0 Å². The van der Waals surface area contributed by atoms with Crippen LogP contribution >= 0.6 is 11.8 Å². The third kappa shape index (κ3) is 5.11. The van der Waals surface area contributed by atoms with E-state index in [9.17, 15) is 31.1 Å². The zero-order valence-electron chi connectivity index (χ0n) is 11.4. The first-order chi connectivity index (χ1) is 9.93. The van der Waals surface area contributed by atoms with Crippen LogP contribution in [0.3, 0.4) is 0 Å². The Balaban J connectivity index is 3.08. The highest BCUT2D eigenvalue weighted by molar-refractivity contribution is 7.99. The Bertz CT molecular complexity index is 540. The van der Waals surface area contributed by atoms with Crippen LogP contribution in [0.1, 0.15) is 34.3 Å². The van der Waals surface area contributed by atoms with E-state index >= 15 is 0 Å². The molecule has 0 bridgehead atoms. The van der Waals surface area contributed by atoms with E-state index in [2.05, 4.69) is 0 Å². The number of benzene rings is 1. The Morgan fingerprint density at radius 2 is 1.82 bits per heavy atom. The Kier molecular flexibility index (Phi) is 5.77. The summed E-state index contributed by atoms with van der Waals surface area (Å²) in [7, 11) is 0. The normalized spacial score (nSPS) is 14.0. The van der Waals surface area contributed by atoms with E-state index in [1.54, 1.807) is 0 Å². The first-order valence-corrected chi connectivity index (χ1v) is 7.23. The third-order valence-corrected chi connectivity index (χ3v) is 4.08. The molecule has 0 radical (unpaired) electrons. The first kappa shape index (κ1) is 18.7. The molecule has 0 spiro atoms. The Labute approximate surface area is 127 Å². The van der Waals surface area contributed by atoms with Crippen LogP contribution in [0.5, 0.6) is 0 Å². The molecule has 124 valence electrons. The molecule has 0 aliphatic rings. The topological polar surface area (TPSA) is 43.1 Å². The number of thioether (sulfide) groups is 1. The average Bonchev–Trinajstić information content (AvgIpc) is 2.35. The number of nitrogens with two attached hydrogens (primary N) is 1. The summed E-state index contributed by atoms with van der Waals surface area (Å²) in [5.41, 5.74) is 2.85. The monoisotopic (exact) mass is 345 g/mol. The lowest BCUT2D eigenvalue weighted by atomic mass is 9.92. The van der Waals surface area contributed by atoms with E-state index < -0.39 is 41.1 Å². The van der Waals surface area contributed by atoms with E-state index in [-0.39, 0.29) is 11.3 Å². The molecule has 2 N–H and O–H groups in total. The molecule has 1 aromatic rings. The van der Waals surface area contributed by atoms with Crippen molar-refractivity contribution in [3.63, 3.8) is 0 Å². The lowest BCUT2D eigenvalue weighted by molar-refractivity contribution is -0.138. The van der Waals surface area contributed by atoms with Crippen molar-refractivity contribution in [3.8, 4) is 0 Å². The molecular weight excluding hydrogens is 332 g/mol. The summed E-state index contributed by atoms with van der Waals surface area (Å²) >= 11 is 0.488. The molecule has 0 aliphatic carbocycles. The summed E-state index contributed by atoms with van der Waals surface area (Å²) in [5.74, 6) is -3.36. The molecule has 0 unspecified atom stereocenters. The Morgan fingerprint density at radius 3 is 2.27 bits per heavy atom. The van der Waals surface area contributed by atoms with Crippen molar-refractivity contribution in [2.75, 3.05) is 11.5 Å². The molecule has 1 rings (SSSR count). The minimum atomic E-state index is -4.82. The van der Waals surface area contributed by atoms with Gasteiger partial charge in [0.25, 0.3) is 0 Å². The molecular formula is C13H13F6NOS. The highest BCUT2D eigenvalue weighted by Gasteiger charge is 2.38. The standard InChI is InChI=1S/C13H13F6NOS/c1-7(5-22-6-12(14,15)16)8-3-2-4-9(11(20)21)10(8)13(17,18)19/h2-4,7H,5-6H2,1H3,(H2,20,21)/t7-/m0/s1. The van der Waals surface area contributed by atoms with Gasteiger partial charge in [0, 0.05) is 5.75 Å². The van der Waals surface area contributed by atoms with Crippen molar-refractivity contribution < 1.29 is 31.1 Å². The maximum atomic E-state index is 13.1. The minimum absolute atomic E-state index is 0.162. The lowest BCUT2D eigenvalue weighted by Gasteiger charge is -2.20. The maximum Gasteiger partial charge on any atom is 0.417 e. The van der Waals surface area contributed by atoms with E-state index in [1.807, 2.05) is 0 Å². The second kappa shape index (κ2) is 6.80. The van der Waals surface area contributed by atoms with Crippen LogP contribution in [-0.2, 0) is 6.18 Å². The molecule has 0 aromatic heterocycles. The van der Waals surface area contributed by atoms with E-state index in [4.69, 9.17) is 5.73 Å². The summed E-state index contributed by atoms with van der Waals surface area (Å²) in [6.45, 7) is 1.37. The van der Waals surface area contributed by atoms with Crippen molar-refractivity contribution in [1.29, 1.82) is 0 Å². The van der Waals surface area contributed by atoms with Crippen LogP contribution in [-0.4, -0.2) is 23.6 Å². The van der Waals surface area contributed by atoms with Crippen LogP contribution in [0.2, 0.25) is 0 Å². The number of hydrogen-bond donors (Lipinski definition) is 1. The maximum absolute atomic E-state index is 13.1. The van der Waals surface area contributed by atoms with Gasteiger partial charge in [0.15, 0.2) is 0 Å². The summed E-state index contributed by atoms with van der Waals surface area (Å²) in [6, 6.07) is 3.33. The first-order valence-electron chi connectivity index (χ1n) is 6.08. The van der Waals surface area contributed by atoms with Gasteiger partial charge in [-0.25, -0.2) is 0 Å². The molecule has 1 aromatic carbocycles. The zero-order valence-corrected chi connectivity index (χ0v) is 12.2. The number of primary amides is 1. The number of alkyl halides is 6. The lowest BCUT2D eigenvalue weighted by Crippen LogP contribution is -2.22. The molecule has 0 heterocycles. The molecule has 0 saturated heterocycles. The fourth-order valence-electron chi connectivity index (χ4n) is 1.94. The van der Waals surface area contributed by atoms with Gasteiger partial charge < -0.3 is 5.73 Å². The predicted octanol–water partition coefficient (Wildman–Crippen LogP) is 4.20. The van der Waals surface area contributed by atoms with Crippen LogP contribution in [0.15, 0.2) is 18.2 Å². The smallest absolute Gasteiger partial charge is 0.366 e. The Hall–Kier alpha value is -1.38. The second-order valence-corrected chi connectivity index (χ2v) is 5.69. The van der Waals surface area contributed by atoms with Gasteiger partial charge in [-0.1, -0.05) is 19.1 Å². The van der Waals surface area contributed by atoms with Gasteiger partial charge in [0.1, 0.15) is 0 Å². The molecule has 0 aliphatic heterocycles. The van der Waals surface area contributed by atoms with Gasteiger partial charge in [0.05, 0.1) is 16.9 Å². The highest BCUT2D eigenvalue weighted by atomic mass is 32.2. The SMILES string of the molecule is C[C@@H](CSCC(F)(F)F)c1cccc(C(N)=O)c1C(F)(F)F. The quantitative estimate of drug-likeness (QED) is 0.813. The van der Waals surface area contributed by atoms with Gasteiger partial charge in [-0.3, -0.25) is 4.79 Å². The zero-order chi connectivity index (χ0) is 17.1. The molecule has 9 heteroatoms. The number of hydrogen-bond acceptors (Lipinski definition) is 2. The molecule has 1 amide bonds. The van der Waals surface area contributed by atoms with Crippen molar-refractivity contribution in [2.24, 2.45) is 5.73 Å². The number of carbonyl (C=O) groups is 1. The fourth-order valence-corrected chi connectivity index (χ4v) is 2.83. The fraction of sp³-hybridized carbons (Fsp3) is 0.462. The number of halogens is 6. The van der Waals surface area contributed by atoms with Gasteiger partial charge in [-0.05, 0) is 17.5 Å². The number of carbonyl (C=O) groups excluding carboxylic acids is 1. The summed E-state index contributed by atoms with van der Waals surface area (Å²) < 4.78 is 75.7. The molecule has 22 heavy (non-hydrogen) atoms. The average molecular weight is 345 g/mol. The number of amides is 1. The van der Waals surface area contributed by atoms with Crippen LogP contribution in [0.4, 0.5) is 26.3 Å². The van der Waals surface area contributed by atoms with Gasteiger partial charge >= 0.3 is 12.4 Å². The minimum Gasteiger partial charge on any atom is -0.366 e. The molecule has 0 saturated carbocycles. The van der Waals surface area contributed by atoms with Gasteiger partial charge in [-0.15, -0.1) is 0 Å². The highest BCUT2D eigenvalue weighted by Crippen LogP contribution is 2.38. The van der Waals surface area contributed by atoms with Gasteiger partial charge in [-0.2, -0.15) is 38.1 Å². The number of rotatable bonds is 5. The van der Waals surface area contributed by atoms with E-state index in [0.29, 0.717) is 11.8 Å². The molecule has 1 atom stereocenters. The Morgan fingerprint density at radius 1 is 1.23 bits per heavy atom. The summed E-state index contributed by atoms with van der Waals surface area (Å²) in [6.07, 6.45) is -9.20.